The Bertz CT molecular complexity index is 909. The van der Waals surface area contributed by atoms with Crippen molar-refractivity contribution in [3.63, 3.8) is 0 Å². The molecule has 9 heteroatoms. The largest absolute Gasteiger partial charge is 0.259 e. The Balaban J connectivity index is 1.78. The number of unbranched alkanes of at least 4 members (excludes halogenated alkanes) is 4. The molecule has 1 N–H and O–H groups in total. The molecule has 0 atom stereocenters. The number of thioether (sulfide) groups is 1. The molecule has 0 saturated heterocycles. The molecule has 3 rings (SSSR count). The highest BCUT2D eigenvalue weighted by Gasteiger charge is 2.14. The summed E-state index contributed by atoms with van der Waals surface area (Å²) >= 11 is 1.63. The number of nitrogens with one attached hydrogen (secondary N) is 1. The number of aromatic nitrogens is 6. The summed E-state index contributed by atoms with van der Waals surface area (Å²) < 4.78 is 1.88. The second-order valence-electron chi connectivity index (χ2n) is 6.73. The number of hydrazone groups is 1. The van der Waals surface area contributed by atoms with E-state index in [0.29, 0.717) is 16.5 Å². The highest BCUT2D eigenvalue weighted by Crippen LogP contribution is 2.23. The van der Waals surface area contributed by atoms with E-state index < -0.39 is 0 Å². The van der Waals surface area contributed by atoms with E-state index in [2.05, 4.69) is 44.7 Å². The SMILES string of the molecule is CCCCCCCn1nnc2c(N/N=C/c3ccccn3)nc(SCCC)nc21. The molecule has 0 unspecified atom stereocenters. The van der Waals surface area contributed by atoms with E-state index in [0.717, 1.165) is 36.5 Å². The van der Waals surface area contributed by atoms with E-state index in [1.807, 2.05) is 22.9 Å². The van der Waals surface area contributed by atoms with Crippen LogP contribution in [0.1, 0.15) is 58.1 Å². The predicted octanol–water partition coefficient (Wildman–Crippen LogP) is 4.53. The summed E-state index contributed by atoms with van der Waals surface area (Å²) in [5, 5.41) is 13.6. The van der Waals surface area contributed by atoms with Crippen LogP contribution in [0.2, 0.25) is 0 Å². The van der Waals surface area contributed by atoms with E-state index in [4.69, 9.17) is 4.98 Å². The molecule has 3 aromatic rings. The van der Waals surface area contributed by atoms with Gasteiger partial charge >= 0.3 is 0 Å². The van der Waals surface area contributed by atoms with Crippen molar-refractivity contribution in [3.05, 3.63) is 30.1 Å². The molecule has 29 heavy (non-hydrogen) atoms. The Kier molecular flexibility index (Phi) is 8.36. The molecule has 0 aliphatic carbocycles. The van der Waals surface area contributed by atoms with Crippen molar-refractivity contribution in [2.45, 2.75) is 64.1 Å². The number of nitrogens with zero attached hydrogens (tertiary/aromatic N) is 7. The molecule has 0 aliphatic heterocycles. The summed E-state index contributed by atoms with van der Waals surface area (Å²) in [5.41, 5.74) is 5.16. The number of aryl methyl sites for hydroxylation is 1. The standard InChI is InChI=1S/C20H28N8S/c1-3-5-6-7-10-13-28-19-17(25-27-28)18(23-20(24-19)29-14-4-2)26-22-15-16-11-8-9-12-21-16/h8-9,11-12,15H,3-7,10,13-14H2,1-2H3,(H,23,24,26)/b22-15+. The second kappa shape index (κ2) is 11.5. The molecule has 3 heterocycles. The molecular formula is C20H28N8S. The van der Waals surface area contributed by atoms with Crippen molar-refractivity contribution < 1.29 is 0 Å². The zero-order valence-corrected chi connectivity index (χ0v) is 17.9. The quantitative estimate of drug-likeness (QED) is 0.153. The van der Waals surface area contributed by atoms with E-state index in [1.165, 1.54) is 25.7 Å². The number of fused-ring (bicyclic) bond motifs is 1. The van der Waals surface area contributed by atoms with Gasteiger partial charge in [-0.15, -0.1) is 5.10 Å². The Labute approximate surface area is 175 Å². The van der Waals surface area contributed by atoms with Crippen molar-refractivity contribution in [3.8, 4) is 0 Å². The molecule has 0 amide bonds. The molecule has 0 saturated carbocycles. The summed E-state index contributed by atoms with van der Waals surface area (Å²) in [4.78, 5) is 13.5. The van der Waals surface area contributed by atoms with Gasteiger partial charge in [-0.2, -0.15) is 5.10 Å². The van der Waals surface area contributed by atoms with Gasteiger partial charge in [-0.05, 0) is 25.0 Å². The first kappa shape index (κ1) is 21.2. The van der Waals surface area contributed by atoms with Crippen LogP contribution in [0, 0.1) is 0 Å². The summed E-state index contributed by atoms with van der Waals surface area (Å²) in [6, 6.07) is 5.68. The fourth-order valence-corrected chi connectivity index (χ4v) is 3.49. The van der Waals surface area contributed by atoms with Crippen LogP contribution in [0.3, 0.4) is 0 Å². The third-order valence-electron chi connectivity index (χ3n) is 4.31. The molecule has 0 radical (unpaired) electrons. The van der Waals surface area contributed by atoms with Crippen molar-refractivity contribution in [2.24, 2.45) is 5.10 Å². The van der Waals surface area contributed by atoms with Gasteiger partial charge in [0.15, 0.2) is 22.1 Å². The minimum absolute atomic E-state index is 0.568. The molecular weight excluding hydrogens is 384 g/mol. The normalized spacial score (nSPS) is 11.5. The summed E-state index contributed by atoms with van der Waals surface area (Å²) in [7, 11) is 0. The summed E-state index contributed by atoms with van der Waals surface area (Å²) in [6.45, 7) is 5.18. The van der Waals surface area contributed by atoms with Gasteiger partial charge in [0, 0.05) is 18.5 Å². The lowest BCUT2D eigenvalue weighted by Gasteiger charge is -2.06. The minimum Gasteiger partial charge on any atom is -0.259 e. The van der Waals surface area contributed by atoms with Gasteiger partial charge in [-0.1, -0.05) is 62.6 Å². The molecule has 0 bridgehead atoms. The van der Waals surface area contributed by atoms with Crippen LogP contribution in [0.4, 0.5) is 5.82 Å². The maximum Gasteiger partial charge on any atom is 0.191 e. The third kappa shape index (κ3) is 6.22. The van der Waals surface area contributed by atoms with E-state index in [9.17, 15) is 0 Å². The van der Waals surface area contributed by atoms with Crippen molar-refractivity contribution in [1.29, 1.82) is 0 Å². The highest BCUT2D eigenvalue weighted by atomic mass is 32.2. The van der Waals surface area contributed by atoms with Crippen LogP contribution < -0.4 is 5.43 Å². The average Bonchev–Trinajstić information content (AvgIpc) is 3.16. The van der Waals surface area contributed by atoms with Crippen molar-refractivity contribution in [1.82, 2.24) is 29.9 Å². The van der Waals surface area contributed by atoms with Gasteiger partial charge in [0.25, 0.3) is 0 Å². The van der Waals surface area contributed by atoms with Crippen LogP contribution in [-0.4, -0.2) is 41.9 Å². The fourth-order valence-electron chi connectivity index (χ4n) is 2.80. The molecule has 154 valence electrons. The molecule has 0 spiro atoms. The fraction of sp³-hybridized carbons (Fsp3) is 0.500. The first-order valence-electron chi connectivity index (χ1n) is 10.3. The highest BCUT2D eigenvalue weighted by molar-refractivity contribution is 7.99. The lowest BCUT2D eigenvalue weighted by molar-refractivity contribution is 0.528. The second-order valence-corrected chi connectivity index (χ2v) is 7.79. The monoisotopic (exact) mass is 412 g/mol. The Morgan fingerprint density at radius 1 is 1.10 bits per heavy atom. The first-order chi connectivity index (χ1) is 14.3. The topological polar surface area (TPSA) is 93.8 Å². The van der Waals surface area contributed by atoms with Gasteiger partial charge in [0.2, 0.25) is 0 Å². The van der Waals surface area contributed by atoms with E-state index in [-0.39, 0.29) is 0 Å². The van der Waals surface area contributed by atoms with Crippen LogP contribution >= 0.6 is 11.8 Å². The lowest BCUT2D eigenvalue weighted by atomic mass is 10.1. The Morgan fingerprint density at radius 2 is 2.00 bits per heavy atom. The maximum absolute atomic E-state index is 4.70. The summed E-state index contributed by atoms with van der Waals surface area (Å²) in [6.07, 6.45) is 10.5. The molecule has 8 nitrogen and oxygen atoms in total. The van der Waals surface area contributed by atoms with Crippen LogP contribution in [0.25, 0.3) is 11.2 Å². The van der Waals surface area contributed by atoms with Gasteiger partial charge < -0.3 is 0 Å². The zero-order chi connectivity index (χ0) is 20.3. The number of hydrogen-bond donors (Lipinski definition) is 1. The summed E-state index contributed by atoms with van der Waals surface area (Å²) in [5.74, 6) is 1.53. The molecule has 0 fully saturated rings. The molecule has 3 aromatic heterocycles. The van der Waals surface area contributed by atoms with Gasteiger partial charge in [0.1, 0.15) is 0 Å². The van der Waals surface area contributed by atoms with E-state index >= 15 is 0 Å². The average molecular weight is 413 g/mol. The predicted molar refractivity (Wildman–Crippen MR) is 118 cm³/mol. The van der Waals surface area contributed by atoms with Crippen LogP contribution in [-0.2, 0) is 6.54 Å². The smallest absolute Gasteiger partial charge is 0.191 e. The zero-order valence-electron chi connectivity index (χ0n) is 17.1. The molecule has 0 aromatic carbocycles. The number of pyridine rings is 1. The number of anilines is 1. The number of rotatable bonds is 12. The lowest BCUT2D eigenvalue weighted by Crippen LogP contribution is -2.04. The van der Waals surface area contributed by atoms with Gasteiger partial charge in [0.05, 0.1) is 11.9 Å². The molecule has 0 aliphatic rings. The minimum atomic E-state index is 0.568. The van der Waals surface area contributed by atoms with Gasteiger partial charge in [-0.25, -0.2) is 14.6 Å². The van der Waals surface area contributed by atoms with E-state index in [1.54, 1.807) is 24.2 Å². The van der Waals surface area contributed by atoms with Crippen LogP contribution in [0.5, 0.6) is 0 Å². The Morgan fingerprint density at radius 3 is 2.79 bits per heavy atom. The van der Waals surface area contributed by atoms with Gasteiger partial charge in [-0.3, -0.25) is 10.4 Å². The van der Waals surface area contributed by atoms with Crippen LogP contribution in [0.15, 0.2) is 34.7 Å². The van der Waals surface area contributed by atoms with Crippen molar-refractivity contribution >= 4 is 35.0 Å². The number of hydrogen-bond acceptors (Lipinski definition) is 8. The third-order valence-corrected chi connectivity index (χ3v) is 5.36. The van der Waals surface area contributed by atoms with Crippen molar-refractivity contribution in [2.75, 3.05) is 11.2 Å². The first-order valence-corrected chi connectivity index (χ1v) is 11.2. The Hall–Kier alpha value is -2.55. The maximum atomic E-state index is 4.70.